The summed E-state index contributed by atoms with van der Waals surface area (Å²) in [5.41, 5.74) is 4.62. The van der Waals surface area contributed by atoms with Crippen LogP contribution in [-0.2, 0) is 11.0 Å². The minimum absolute atomic E-state index is 0.0948. The Bertz CT molecular complexity index is 581. The molecule has 0 radical (unpaired) electrons. The second-order valence-electron chi connectivity index (χ2n) is 5.63. The van der Waals surface area contributed by atoms with Crippen molar-refractivity contribution < 1.29 is 22.4 Å². The topological polar surface area (TPSA) is 46.3 Å². The lowest BCUT2D eigenvalue weighted by atomic mass is 10.0. The molecule has 2 fully saturated rings. The molecule has 2 atom stereocenters. The summed E-state index contributed by atoms with van der Waals surface area (Å²) >= 11 is 0. The van der Waals surface area contributed by atoms with E-state index in [1.807, 2.05) is 0 Å². The molecule has 0 spiro atoms. The van der Waals surface area contributed by atoms with Gasteiger partial charge in [-0.15, -0.1) is 0 Å². The Balaban J connectivity index is 1.73. The highest BCUT2D eigenvalue weighted by Gasteiger charge is 2.48. The van der Waals surface area contributed by atoms with Crippen LogP contribution in [-0.4, -0.2) is 30.1 Å². The molecule has 0 aromatic heterocycles. The third-order valence-electron chi connectivity index (χ3n) is 4.07. The van der Waals surface area contributed by atoms with Crippen LogP contribution >= 0.6 is 0 Å². The second-order valence-corrected chi connectivity index (χ2v) is 5.63. The molecular weight excluding hydrogens is 288 g/mol. The van der Waals surface area contributed by atoms with E-state index in [1.165, 1.54) is 17.0 Å². The van der Waals surface area contributed by atoms with Gasteiger partial charge in [-0.3, -0.25) is 4.79 Å². The first-order valence-electron chi connectivity index (χ1n) is 6.67. The van der Waals surface area contributed by atoms with Gasteiger partial charge in [-0.2, -0.15) is 13.2 Å². The van der Waals surface area contributed by atoms with Gasteiger partial charge in [0.2, 0.25) is 5.91 Å². The van der Waals surface area contributed by atoms with Gasteiger partial charge in [0.1, 0.15) is 6.17 Å². The van der Waals surface area contributed by atoms with Gasteiger partial charge in [0.15, 0.2) is 0 Å². The van der Waals surface area contributed by atoms with Crippen molar-refractivity contribution in [3.63, 3.8) is 0 Å². The number of nitrogen functional groups attached to an aromatic ring is 1. The fourth-order valence-corrected chi connectivity index (χ4v) is 2.73. The van der Waals surface area contributed by atoms with Crippen molar-refractivity contribution in [2.24, 2.45) is 5.92 Å². The van der Waals surface area contributed by atoms with Gasteiger partial charge >= 0.3 is 6.18 Å². The van der Waals surface area contributed by atoms with E-state index in [4.69, 9.17) is 5.73 Å². The normalized spacial score (nSPS) is 25.6. The lowest BCUT2D eigenvalue weighted by Crippen LogP contribution is -2.52. The van der Waals surface area contributed by atoms with Gasteiger partial charge in [0.05, 0.1) is 18.7 Å². The zero-order valence-corrected chi connectivity index (χ0v) is 11.0. The number of amides is 1. The van der Waals surface area contributed by atoms with E-state index >= 15 is 0 Å². The number of rotatable bonds is 2. The predicted octanol–water partition coefficient (Wildman–Crippen LogP) is 2.57. The van der Waals surface area contributed by atoms with Crippen LogP contribution in [0.4, 0.5) is 23.2 Å². The number of carbonyl (C=O) groups excluding carboxylic acids is 1. The molecule has 1 aromatic rings. The first-order valence-corrected chi connectivity index (χ1v) is 6.67. The zero-order chi connectivity index (χ0) is 15.4. The predicted molar refractivity (Wildman–Crippen MR) is 68.2 cm³/mol. The molecule has 3 nitrogen and oxygen atoms in total. The summed E-state index contributed by atoms with van der Waals surface area (Å²) < 4.78 is 51.1. The van der Waals surface area contributed by atoms with Gasteiger partial charge in [-0.25, -0.2) is 4.39 Å². The van der Waals surface area contributed by atoms with Gasteiger partial charge in [-0.05, 0) is 30.0 Å². The molecule has 114 valence electrons. The maximum atomic E-state index is 12.8. The van der Waals surface area contributed by atoms with Crippen LogP contribution in [0.1, 0.15) is 23.5 Å². The lowest BCUT2D eigenvalue weighted by Gasteiger charge is -2.34. The van der Waals surface area contributed by atoms with Gasteiger partial charge in [0, 0.05) is 11.6 Å². The Morgan fingerprint density at radius 2 is 1.95 bits per heavy atom. The van der Waals surface area contributed by atoms with E-state index in [0.717, 1.165) is 6.07 Å². The first-order chi connectivity index (χ1) is 9.77. The van der Waals surface area contributed by atoms with E-state index in [0.29, 0.717) is 12.0 Å². The van der Waals surface area contributed by atoms with Crippen molar-refractivity contribution in [3.05, 3.63) is 29.3 Å². The number of hydrogen-bond acceptors (Lipinski definition) is 2. The monoisotopic (exact) mass is 302 g/mol. The Labute approximate surface area is 118 Å². The lowest BCUT2D eigenvalue weighted by molar-refractivity contribution is -0.139. The van der Waals surface area contributed by atoms with Crippen molar-refractivity contribution in [2.45, 2.75) is 24.7 Å². The van der Waals surface area contributed by atoms with Crippen molar-refractivity contribution >= 4 is 11.6 Å². The number of alkyl halides is 4. The Morgan fingerprint density at radius 3 is 2.52 bits per heavy atom. The van der Waals surface area contributed by atoms with Crippen LogP contribution in [0, 0.1) is 5.92 Å². The molecule has 1 aromatic carbocycles. The zero-order valence-electron chi connectivity index (χ0n) is 11.0. The molecule has 2 N–H and O–H groups in total. The smallest absolute Gasteiger partial charge is 0.398 e. The summed E-state index contributed by atoms with van der Waals surface area (Å²) in [5, 5.41) is 0. The summed E-state index contributed by atoms with van der Waals surface area (Å²) in [5.74, 6) is -0.723. The molecule has 2 unspecified atom stereocenters. The number of anilines is 1. The van der Waals surface area contributed by atoms with Crippen LogP contribution < -0.4 is 5.73 Å². The minimum Gasteiger partial charge on any atom is -0.398 e. The highest BCUT2D eigenvalue weighted by atomic mass is 19.4. The molecule has 0 bridgehead atoms. The third-order valence-corrected chi connectivity index (χ3v) is 4.07. The molecule has 1 heterocycles. The molecule has 1 amide bonds. The Morgan fingerprint density at radius 1 is 1.29 bits per heavy atom. The number of likely N-dealkylation sites (tertiary alicyclic amines) is 1. The number of benzene rings is 1. The van der Waals surface area contributed by atoms with Crippen LogP contribution in [0.15, 0.2) is 18.2 Å². The average molecular weight is 302 g/mol. The Kier molecular flexibility index (Phi) is 3.11. The summed E-state index contributed by atoms with van der Waals surface area (Å²) in [6.45, 7) is 0.190. The summed E-state index contributed by atoms with van der Waals surface area (Å²) in [6.07, 6.45) is -4.97. The van der Waals surface area contributed by atoms with Crippen LogP contribution in [0.5, 0.6) is 0 Å². The SMILES string of the molecule is Nc1ccc(C2CC2C(=O)N2CC(F)C2)cc1C(F)(F)F. The second kappa shape index (κ2) is 4.61. The molecule has 3 rings (SSSR count). The molecule has 1 saturated heterocycles. The fourth-order valence-electron chi connectivity index (χ4n) is 2.73. The molecular formula is C14H14F4N2O. The molecule has 1 aliphatic heterocycles. The first kappa shape index (κ1) is 14.2. The number of nitrogens with zero attached hydrogens (tertiary/aromatic N) is 1. The van der Waals surface area contributed by atoms with Crippen LogP contribution in [0.25, 0.3) is 0 Å². The van der Waals surface area contributed by atoms with Crippen LogP contribution in [0.2, 0.25) is 0 Å². The summed E-state index contributed by atoms with van der Waals surface area (Å²) in [7, 11) is 0. The van der Waals surface area contributed by atoms with Crippen molar-refractivity contribution in [3.8, 4) is 0 Å². The van der Waals surface area contributed by atoms with E-state index < -0.39 is 17.9 Å². The molecule has 2 aliphatic rings. The molecule has 21 heavy (non-hydrogen) atoms. The van der Waals surface area contributed by atoms with E-state index in [9.17, 15) is 22.4 Å². The highest BCUT2D eigenvalue weighted by molar-refractivity contribution is 5.84. The minimum atomic E-state index is -4.51. The highest BCUT2D eigenvalue weighted by Crippen LogP contribution is 2.50. The average Bonchev–Trinajstić information content (AvgIpc) is 3.13. The Hall–Kier alpha value is -1.79. The quantitative estimate of drug-likeness (QED) is 0.674. The summed E-state index contributed by atoms with van der Waals surface area (Å²) in [6, 6.07) is 3.76. The van der Waals surface area contributed by atoms with Crippen molar-refractivity contribution in [1.29, 1.82) is 0 Å². The number of halogens is 4. The molecule has 7 heteroatoms. The van der Waals surface area contributed by atoms with E-state index in [1.54, 1.807) is 0 Å². The van der Waals surface area contributed by atoms with Crippen LogP contribution in [0.3, 0.4) is 0 Å². The third kappa shape index (κ3) is 2.56. The number of hydrogen-bond donors (Lipinski definition) is 1. The van der Waals surface area contributed by atoms with E-state index in [-0.39, 0.29) is 36.5 Å². The standard InChI is InChI=1S/C14H14F4N2O/c15-8-5-20(6-8)13(21)10-4-9(10)7-1-2-12(19)11(3-7)14(16,17)18/h1-3,8-10H,4-6,19H2. The largest absolute Gasteiger partial charge is 0.418 e. The number of nitrogens with two attached hydrogens (primary N) is 1. The van der Waals surface area contributed by atoms with Gasteiger partial charge < -0.3 is 10.6 Å². The maximum absolute atomic E-state index is 12.8. The van der Waals surface area contributed by atoms with Crippen molar-refractivity contribution in [2.75, 3.05) is 18.8 Å². The molecule has 1 saturated carbocycles. The van der Waals surface area contributed by atoms with E-state index in [2.05, 4.69) is 0 Å². The maximum Gasteiger partial charge on any atom is 0.418 e. The molecule has 1 aliphatic carbocycles. The van der Waals surface area contributed by atoms with Gasteiger partial charge in [-0.1, -0.05) is 6.07 Å². The summed E-state index contributed by atoms with van der Waals surface area (Å²) in [4.78, 5) is 13.4. The fraction of sp³-hybridized carbons (Fsp3) is 0.500. The number of carbonyl (C=O) groups is 1. The van der Waals surface area contributed by atoms with Gasteiger partial charge in [0.25, 0.3) is 0 Å². The van der Waals surface area contributed by atoms with Crippen molar-refractivity contribution in [1.82, 2.24) is 4.90 Å².